The van der Waals surface area contributed by atoms with Gasteiger partial charge < -0.3 is 10.2 Å². The lowest BCUT2D eigenvalue weighted by Crippen LogP contribution is -2.04. The predicted molar refractivity (Wildman–Crippen MR) is 94.2 cm³/mol. The first kappa shape index (κ1) is 23.5. The van der Waals surface area contributed by atoms with Crippen molar-refractivity contribution in [2.24, 2.45) is 0 Å². The Kier molecular flexibility index (Phi) is 19.5. The zero-order valence-electron chi connectivity index (χ0n) is 14.3. The van der Waals surface area contributed by atoms with E-state index in [0.29, 0.717) is 6.42 Å². The van der Waals surface area contributed by atoms with Crippen molar-refractivity contribution >= 4 is 14.4 Å². The van der Waals surface area contributed by atoms with Crippen molar-refractivity contribution in [3.05, 3.63) is 12.2 Å². The van der Waals surface area contributed by atoms with E-state index in [1.165, 1.54) is 25.7 Å². The number of rotatable bonds is 15. The quantitative estimate of drug-likeness (QED) is 0.262. The average Bonchev–Trinajstić information content (AvgIpc) is 2.45. The van der Waals surface area contributed by atoms with Crippen LogP contribution in [0.4, 0.5) is 0 Å². The fourth-order valence-corrected chi connectivity index (χ4v) is 2.36. The smallest absolute Gasteiger partial charge is 0.303 e. The van der Waals surface area contributed by atoms with Crippen molar-refractivity contribution in [2.45, 2.75) is 96.5 Å². The lowest BCUT2D eigenvalue weighted by molar-refractivity contribution is -0.137. The topological polar surface area (TPSA) is 57.5 Å². The van der Waals surface area contributed by atoms with Gasteiger partial charge in [0.1, 0.15) is 0 Å². The summed E-state index contributed by atoms with van der Waals surface area (Å²) < 4.78 is 0. The second-order valence-corrected chi connectivity index (χ2v) is 5.91. The van der Waals surface area contributed by atoms with E-state index in [0.717, 1.165) is 51.4 Å². The van der Waals surface area contributed by atoms with Crippen LogP contribution in [0, 0.1) is 0 Å². The van der Waals surface area contributed by atoms with Crippen LogP contribution in [0.2, 0.25) is 0 Å². The summed E-state index contributed by atoms with van der Waals surface area (Å²) in [6.07, 6.45) is 17.4. The van der Waals surface area contributed by atoms with E-state index in [-0.39, 0.29) is 14.5 Å². The van der Waals surface area contributed by atoms with Gasteiger partial charge >= 0.3 is 5.97 Å². The monoisotopic (exact) mass is 309 g/mol. The number of aliphatic hydroxyl groups excluding tert-OH is 1. The maximum atomic E-state index is 10.3. The number of carbonyl (C=O) groups is 1. The number of hydrogen-bond donors (Lipinski definition) is 2. The van der Waals surface area contributed by atoms with Crippen molar-refractivity contribution in [1.82, 2.24) is 0 Å². The fourth-order valence-electron chi connectivity index (χ4n) is 2.36. The summed E-state index contributed by atoms with van der Waals surface area (Å²) in [7, 11) is 0. The number of carboxylic acid groups (broad SMARTS) is 1. The molecule has 22 heavy (non-hydrogen) atoms. The second-order valence-electron chi connectivity index (χ2n) is 5.91. The molecule has 1 unspecified atom stereocenters. The van der Waals surface area contributed by atoms with Gasteiger partial charge in [-0.25, -0.2) is 0 Å². The molecule has 0 aromatic carbocycles. The molecule has 127 valence electrons. The molecule has 0 amide bonds. The maximum absolute atomic E-state index is 10.3. The van der Waals surface area contributed by atoms with Gasteiger partial charge in [0.2, 0.25) is 0 Å². The third-order valence-corrected chi connectivity index (χ3v) is 3.73. The molecular weight excluding hydrogens is 275 g/mol. The van der Waals surface area contributed by atoms with Gasteiger partial charge in [-0.2, -0.15) is 0 Å². The minimum Gasteiger partial charge on any atom is -0.481 e. The fraction of sp³-hybridized carbons (Fsp3) is 0.833. The Balaban J connectivity index is 0. The lowest BCUT2D eigenvalue weighted by Gasteiger charge is -2.07. The van der Waals surface area contributed by atoms with E-state index in [9.17, 15) is 9.90 Å². The molecule has 0 spiro atoms. The number of unbranched alkanes of at least 4 members (excludes halogenated alkanes) is 8. The number of hydrogen-bond acceptors (Lipinski definition) is 2. The molecule has 0 saturated heterocycles. The number of aliphatic carboxylic acids is 1. The molecule has 0 aromatic heterocycles. The van der Waals surface area contributed by atoms with Crippen LogP contribution >= 0.6 is 0 Å². The van der Waals surface area contributed by atoms with Crippen LogP contribution in [0.3, 0.4) is 0 Å². The summed E-state index contributed by atoms with van der Waals surface area (Å²) in [5.41, 5.74) is 0. The Morgan fingerprint density at radius 3 is 2.27 bits per heavy atom. The van der Waals surface area contributed by atoms with Crippen molar-refractivity contribution in [2.75, 3.05) is 0 Å². The number of allylic oxidation sites excluding steroid dienone is 1. The molecule has 0 aliphatic heterocycles. The van der Waals surface area contributed by atoms with Gasteiger partial charge in [0.15, 0.2) is 0 Å². The maximum Gasteiger partial charge on any atom is 0.303 e. The van der Waals surface area contributed by atoms with Gasteiger partial charge in [0.05, 0.1) is 6.10 Å². The Bertz CT molecular complexity index is 267. The molecule has 0 bridgehead atoms. The van der Waals surface area contributed by atoms with Gasteiger partial charge in [-0.15, -0.1) is 0 Å². The average molecular weight is 309 g/mol. The molecule has 0 aliphatic rings. The van der Waals surface area contributed by atoms with Crippen LogP contribution in [0.25, 0.3) is 0 Å². The Morgan fingerprint density at radius 2 is 1.59 bits per heavy atom. The summed E-state index contributed by atoms with van der Waals surface area (Å²) in [6, 6.07) is 0. The normalized spacial score (nSPS) is 12.3. The van der Waals surface area contributed by atoms with Crippen LogP contribution in [-0.2, 0) is 4.79 Å². The Morgan fingerprint density at radius 1 is 0.955 bits per heavy atom. The van der Waals surface area contributed by atoms with Crippen LogP contribution in [0.1, 0.15) is 90.4 Å². The molecule has 0 saturated carbocycles. The third-order valence-electron chi connectivity index (χ3n) is 3.73. The zero-order valence-corrected chi connectivity index (χ0v) is 14.3. The highest BCUT2D eigenvalue weighted by molar-refractivity contribution is 5.75. The van der Waals surface area contributed by atoms with Crippen LogP contribution < -0.4 is 0 Å². The standard InChI is InChI=1S/C18H34O3.B/c1-2-3-4-11-14-17(19)15-12-9-7-5-6-8-10-13-16-18(20)21;/h9,12,17,19H,2-8,10-11,13-16H2,1H3,(H,20,21);/b12-9-;. The van der Waals surface area contributed by atoms with Gasteiger partial charge in [-0.1, -0.05) is 64.0 Å². The summed E-state index contributed by atoms with van der Waals surface area (Å²) in [5.74, 6) is -0.689. The van der Waals surface area contributed by atoms with E-state index in [1.54, 1.807) is 0 Å². The van der Waals surface area contributed by atoms with Crippen LogP contribution in [0.5, 0.6) is 0 Å². The summed E-state index contributed by atoms with van der Waals surface area (Å²) >= 11 is 0. The Hall–Kier alpha value is -0.765. The second kappa shape index (κ2) is 18.3. The summed E-state index contributed by atoms with van der Waals surface area (Å²) in [4.78, 5) is 10.3. The molecule has 0 fully saturated rings. The minimum absolute atomic E-state index is 0. The van der Waals surface area contributed by atoms with E-state index in [2.05, 4.69) is 19.1 Å². The Labute approximate surface area is 138 Å². The van der Waals surface area contributed by atoms with Crippen molar-refractivity contribution < 1.29 is 15.0 Å². The van der Waals surface area contributed by atoms with E-state index >= 15 is 0 Å². The van der Waals surface area contributed by atoms with Gasteiger partial charge in [-0.3, -0.25) is 4.79 Å². The lowest BCUT2D eigenvalue weighted by atomic mass is 10.1. The van der Waals surface area contributed by atoms with Crippen molar-refractivity contribution in [3.8, 4) is 0 Å². The molecule has 4 heteroatoms. The molecule has 0 rings (SSSR count). The van der Waals surface area contributed by atoms with Crippen molar-refractivity contribution in [3.63, 3.8) is 0 Å². The van der Waals surface area contributed by atoms with E-state index < -0.39 is 5.97 Å². The first-order valence-electron chi connectivity index (χ1n) is 8.71. The highest BCUT2D eigenvalue weighted by atomic mass is 16.4. The predicted octanol–water partition coefficient (Wildman–Crippen LogP) is 4.70. The molecule has 3 nitrogen and oxygen atoms in total. The van der Waals surface area contributed by atoms with E-state index in [1.807, 2.05) is 0 Å². The number of aliphatic hydroxyl groups is 1. The molecule has 0 aliphatic carbocycles. The third kappa shape index (κ3) is 19.2. The molecule has 2 N–H and O–H groups in total. The van der Waals surface area contributed by atoms with Gasteiger partial charge in [0, 0.05) is 14.8 Å². The van der Waals surface area contributed by atoms with Gasteiger partial charge in [-0.05, 0) is 32.1 Å². The summed E-state index contributed by atoms with van der Waals surface area (Å²) in [6.45, 7) is 2.20. The summed E-state index contributed by atoms with van der Waals surface area (Å²) in [5, 5.41) is 18.3. The molecule has 3 radical (unpaired) electrons. The largest absolute Gasteiger partial charge is 0.481 e. The highest BCUT2D eigenvalue weighted by Crippen LogP contribution is 2.10. The molecular formula is C18H34BO3. The van der Waals surface area contributed by atoms with Crippen LogP contribution in [-0.4, -0.2) is 30.7 Å². The van der Waals surface area contributed by atoms with Crippen molar-refractivity contribution in [1.29, 1.82) is 0 Å². The SMILES string of the molecule is CCCCCCC(O)C/C=C\CCCCCCCC(=O)O.[B]. The minimum atomic E-state index is -0.689. The molecule has 0 aromatic rings. The highest BCUT2D eigenvalue weighted by Gasteiger charge is 2.00. The van der Waals surface area contributed by atoms with E-state index in [4.69, 9.17) is 5.11 Å². The zero-order chi connectivity index (χ0) is 15.8. The molecule has 1 atom stereocenters. The first-order valence-corrected chi connectivity index (χ1v) is 8.71. The number of carboxylic acids is 1. The van der Waals surface area contributed by atoms with Crippen LogP contribution in [0.15, 0.2) is 12.2 Å². The van der Waals surface area contributed by atoms with Gasteiger partial charge in [0.25, 0.3) is 0 Å². The first-order chi connectivity index (χ1) is 10.2. The molecule has 0 heterocycles.